The summed E-state index contributed by atoms with van der Waals surface area (Å²) < 4.78 is 23.5. The summed E-state index contributed by atoms with van der Waals surface area (Å²) in [6.07, 6.45) is 0. The molecule has 0 spiro atoms. The average molecular weight is 385 g/mol. The van der Waals surface area contributed by atoms with Gasteiger partial charge in [-0.1, -0.05) is 29.8 Å². The fourth-order valence-electron chi connectivity index (χ4n) is 2.32. The van der Waals surface area contributed by atoms with Crippen molar-refractivity contribution < 1.29 is 23.5 Å². The number of hydrogen-bond donors (Lipinski definition) is 0. The Balaban J connectivity index is 1.63. The molecule has 1 heterocycles. The Bertz CT molecular complexity index is 982. The predicted octanol–water partition coefficient (Wildman–Crippen LogP) is 4.31. The number of thiazole rings is 1. The number of halogens is 1. The molecule has 1 aromatic heterocycles. The van der Waals surface area contributed by atoms with Crippen LogP contribution in [0.4, 0.5) is 4.39 Å². The van der Waals surface area contributed by atoms with E-state index in [9.17, 15) is 14.0 Å². The summed E-state index contributed by atoms with van der Waals surface area (Å²) in [7, 11) is 1.33. The highest BCUT2D eigenvalue weighted by Gasteiger charge is 2.16. The zero-order valence-electron chi connectivity index (χ0n) is 14.7. The van der Waals surface area contributed by atoms with Gasteiger partial charge in [0.15, 0.2) is 29.7 Å². The van der Waals surface area contributed by atoms with Crippen molar-refractivity contribution in [1.29, 1.82) is 0 Å². The molecule has 0 radical (unpaired) electrons. The van der Waals surface area contributed by atoms with E-state index in [1.807, 2.05) is 31.2 Å². The molecule has 0 saturated carbocycles. The molecular weight excluding hydrogens is 369 g/mol. The Kier molecular flexibility index (Phi) is 5.61. The maximum Gasteiger partial charge on any atom is 0.358 e. The number of Topliss-reactive ketones (excluding diaryl/α,β-unsaturated/α-hetero) is 1. The number of ketones is 1. The normalized spacial score (nSPS) is 10.5. The van der Waals surface area contributed by atoms with Crippen molar-refractivity contribution in [3.63, 3.8) is 0 Å². The Morgan fingerprint density at radius 2 is 1.89 bits per heavy atom. The van der Waals surface area contributed by atoms with Gasteiger partial charge < -0.3 is 9.47 Å². The highest BCUT2D eigenvalue weighted by Crippen LogP contribution is 2.24. The van der Waals surface area contributed by atoms with Crippen LogP contribution in [-0.4, -0.2) is 30.5 Å². The maximum absolute atomic E-state index is 13.7. The van der Waals surface area contributed by atoms with Crippen LogP contribution >= 0.6 is 11.3 Å². The number of aromatic nitrogens is 1. The first-order valence-electron chi connectivity index (χ1n) is 8.04. The second kappa shape index (κ2) is 8.09. The van der Waals surface area contributed by atoms with E-state index in [4.69, 9.17) is 9.47 Å². The van der Waals surface area contributed by atoms with Gasteiger partial charge in [-0.3, -0.25) is 4.79 Å². The Hall–Kier alpha value is -3.06. The number of nitrogens with zero attached hydrogens (tertiary/aromatic N) is 1. The number of methoxy groups -OCH3 is 1. The summed E-state index contributed by atoms with van der Waals surface area (Å²) in [5, 5.41) is 2.26. The summed E-state index contributed by atoms with van der Waals surface area (Å²) >= 11 is 1.31. The van der Waals surface area contributed by atoms with E-state index in [-0.39, 0.29) is 17.0 Å². The fraction of sp³-hybridized carbons (Fsp3) is 0.150. The van der Waals surface area contributed by atoms with Gasteiger partial charge in [-0.25, -0.2) is 14.2 Å². The van der Waals surface area contributed by atoms with Gasteiger partial charge in [-0.05, 0) is 25.1 Å². The van der Waals surface area contributed by atoms with Crippen LogP contribution in [0, 0.1) is 12.7 Å². The largest absolute Gasteiger partial charge is 0.494 e. The van der Waals surface area contributed by atoms with E-state index >= 15 is 0 Å². The van der Waals surface area contributed by atoms with Gasteiger partial charge in [0.2, 0.25) is 0 Å². The molecule has 5 nitrogen and oxygen atoms in total. The number of rotatable bonds is 6. The van der Waals surface area contributed by atoms with Crippen molar-refractivity contribution in [3.8, 4) is 16.3 Å². The summed E-state index contributed by atoms with van der Waals surface area (Å²) in [5.41, 5.74) is 2.25. The lowest BCUT2D eigenvalue weighted by atomic mass is 10.1. The summed E-state index contributed by atoms with van der Waals surface area (Å²) in [5.74, 6) is -1.84. The van der Waals surface area contributed by atoms with Crippen LogP contribution < -0.4 is 4.74 Å². The molecule has 0 fully saturated rings. The van der Waals surface area contributed by atoms with Crippen molar-refractivity contribution in [3.05, 3.63) is 70.5 Å². The number of carbonyl (C=O) groups is 2. The first-order valence-corrected chi connectivity index (χ1v) is 8.92. The lowest BCUT2D eigenvalue weighted by Gasteiger charge is -2.05. The maximum atomic E-state index is 13.7. The number of carbonyl (C=O) groups excluding carboxylic acids is 2. The Labute approximate surface area is 159 Å². The number of benzene rings is 2. The molecule has 0 aliphatic rings. The van der Waals surface area contributed by atoms with Crippen LogP contribution in [0.5, 0.6) is 5.75 Å². The molecule has 0 aliphatic heterocycles. The Morgan fingerprint density at radius 3 is 2.56 bits per heavy atom. The van der Waals surface area contributed by atoms with Gasteiger partial charge in [0.05, 0.1) is 7.11 Å². The molecule has 0 atom stereocenters. The summed E-state index contributed by atoms with van der Waals surface area (Å²) in [6, 6.07) is 11.6. The molecule has 7 heteroatoms. The lowest BCUT2D eigenvalue weighted by Crippen LogP contribution is -2.14. The third-order valence-corrected chi connectivity index (χ3v) is 4.71. The van der Waals surface area contributed by atoms with Crippen LogP contribution in [0.25, 0.3) is 10.6 Å². The highest BCUT2D eigenvalue weighted by atomic mass is 32.1. The topological polar surface area (TPSA) is 65.5 Å². The Morgan fingerprint density at radius 1 is 1.15 bits per heavy atom. The molecule has 0 unspecified atom stereocenters. The lowest BCUT2D eigenvalue weighted by molar-refractivity contribution is 0.0469. The highest BCUT2D eigenvalue weighted by molar-refractivity contribution is 7.13. The van der Waals surface area contributed by atoms with Crippen molar-refractivity contribution in [2.75, 3.05) is 13.7 Å². The number of ether oxygens (including phenoxy) is 2. The van der Waals surface area contributed by atoms with Crippen molar-refractivity contribution in [2.45, 2.75) is 6.92 Å². The van der Waals surface area contributed by atoms with E-state index < -0.39 is 24.2 Å². The fourth-order valence-corrected chi connectivity index (χ4v) is 3.12. The van der Waals surface area contributed by atoms with Crippen LogP contribution in [0.3, 0.4) is 0 Å². The van der Waals surface area contributed by atoms with Crippen LogP contribution in [0.15, 0.2) is 47.8 Å². The summed E-state index contributed by atoms with van der Waals surface area (Å²) in [4.78, 5) is 28.5. The zero-order valence-corrected chi connectivity index (χ0v) is 15.5. The summed E-state index contributed by atoms with van der Waals surface area (Å²) in [6.45, 7) is 1.49. The first kappa shape index (κ1) is 18.7. The molecule has 0 amide bonds. The number of aryl methyl sites for hydroxylation is 1. The van der Waals surface area contributed by atoms with Crippen LogP contribution in [-0.2, 0) is 4.74 Å². The average Bonchev–Trinajstić information content (AvgIpc) is 3.16. The third kappa shape index (κ3) is 4.38. The second-order valence-corrected chi connectivity index (χ2v) is 6.61. The minimum atomic E-state index is -0.702. The number of hydrogen-bond acceptors (Lipinski definition) is 6. The van der Waals surface area contributed by atoms with Gasteiger partial charge in [0, 0.05) is 16.5 Å². The van der Waals surface area contributed by atoms with Gasteiger partial charge in [-0.2, -0.15) is 0 Å². The first-order chi connectivity index (χ1) is 13.0. The SMILES string of the molecule is COc1ccc(C(=O)COC(=O)c2csc(-c3ccc(C)cc3)n2)cc1F. The molecule has 2 aromatic carbocycles. The molecule has 138 valence electrons. The standard InChI is InChI=1S/C20H16FNO4S/c1-12-3-5-13(6-4-12)19-22-16(11-27-19)20(24)26-10-17(23)14-7-8-18(25-2)15(21)9-14/h3-9,11H,10H2,1-2H3. The zero-order chi connectivity index (χ0) is 19.4. The molecule has 0 bridgehead atoms. The third-order valence-electron chi connectivity index (χ3n) is 3.82. The van der Waals surface area contributed by atoms with Gasteiger partial charge in [0.1, 0.15) is 5.01 Å². The van der Waals surface area contributed by atoms with E-state index in [1.165, 1.54) is 30.6 Å². The predicted molar refractivity (Wildman–Crippen MR) is 99.9 cm³/mol. The molecular formula is C20H16FNO4S. The van der Waals surface area contributed by atoms with E-state index in [0.717, 1.165) is 17.2 Å². The minimum Gasteiger partial charge on any atom is -0.494 e. The van der Waals surface area contributed by atoms with E-state index in [1.54, 1.807) is 5.38 Å². The number of esters is 1. The van der Waals surface area contributed by atoms with Gasteiger partial charge >= 0.3 is 5.97 Å². The molecule has 3 rings (SSSR count). The minimum absolute atomic E-state index is 0.0367. The second-order valence-electron chi connectivity index (χ2n) is 5.75. The monoisotopic (exact) mass is 385 g/mol. The van der Waals surface area contributed by atoms with Crippen LogP contribution in [0.1, 0.15) is 26.4 Å². The van der Waals surface area contributed by atoms with Crippen molar-refractivity contribution in [1.82, 2.24) is 4.98 Å². The molecule has 27 heavy (non-hydrogen) atoms. The quantitative estimate of drug-likeness (QED) is 0.467. The van der Waals surface area contributed by atoms with Crippen molar-refractivity contribution in [2.24, 2.45) is 0 Å². The van der Waals surface area contributed by atoms with Crippen LogP contribution in [0.2, 0.25) is 0 Å². The molecule has 0 N–H and O–H groups in total. The van der Waals surface area contributed by atoms with E-state index in [2.05, 4.69) is 4.98 Å². The van der Waals surface area contributed by atoms with Gasteiger partial charge in [0.25, 0.3) is 0 Å². The van der Waals surface area contributed by atoms with Crippen molar-refractivity contribution >= 4 is 23.1 Å². The molecule has 3 aromatic rings. The smallest absolute Gasteiger partial charge is 0.358 e. The molecule has 0 aliphatic carbocycles. The van der Waals surface area contributed by atoms with E-state index in [0.29, 0.717) is 5.01 Å². The molecule has 0 saturated heterocycles. The van der Waals surface area contributed by atoms with Gasteiger partial charge in [-0.15, -0.1) is 11.3 Å².